The molecule has 0 spiro atoms. The van der Waals surface area contributed by atoms with Crippen LogP contribution in [0.5, 0.6) is 5.75 Å². The largest absolute Gasteiger partial charge is 0.427 e. The van der Waals surface area contributed by atoms with Gasteiger partial charge in [-0.3, -0.25) is 4.79 Å². The highest BCUT2D eigenvalue weighted by molar-refractivity contribution is 5.72. The van der Waals surface area contributed by atoms with Gasteiger partial charge < -0.3 is 4.74 Å². The molecule has 0 radical (unpaired) electrons. The zero-order chi connectivity index (χ0) is 18.8. The molecule has 1 saturated carbocycles. The summed E-state index contributed by atoms with van der Waals surface area (Å²) in [7, 11) is 0. The van der Waals surface area contributed by atoms with E-state index in [1.54, 1.807) is 0 Å². The molecule has 0 amide bonds. The van der Waals surface area contributed by atoms with E-state index >= 15 is 0 Å². The fraction of sp³-hybridized carbons (Fsp3) is 0.609. The minimum atomic E-state index is -0.324. The van der Waals surface area contributed by atoms with Crippen molar-refractivity contribution in [1.82, 2.24) is 0 Å². The number of benzene rings is 1. The predicted octanol–water partition coefficient (Wildman–Crippen LogP) is 6.70. The fourth-order valence-corrected chi connectivity index (χ4v) is 4.27. The smallest absolute Gasteiger partial charge is 0.311 e. The maximum absolute atomic E-state index is 12.9. The van der Waals surface area contributed by atoms with Crippen LogP contribution in [-0.4, -0.2) is 5.97 Å². The SMILES string of the molecule is C=CCCC1CCC(C(CC)CCCC(=O)Oc2ccc(F)cc2)CC1. The van der Waals surface area contributed by atoms with Gasteiger partial charge in [-0.05, 0) is 80.5 Å². The third kappa shape index (κ3) is 6.93. The van der Waals surface area contributed by atoms with E-state index in [1.807, 2.05) is 6.08 Å². The maximum atomic E-state index is 12.9. The summed E-state index contributed by atoms with van der Waals surface area (Å²) in [6.45, 7) is 6.09. The summed E-state index contributed by atoms with van der Waals surface area (Å²) in [5, 5.41) is 0. The van der Waals surface area contributed by atoms with Gasteiger partial charge in [0.1, 0.15) is 11.6 Å². The third-order valence-electron chi connectivity index (χ3n) is 5.86. The molecule has 1 atom stereocenters. The quantitative estimate of drug-likeness (QED) is 0.264. The number of carbonyl (C=O) groups excluding carboxylic acids is 1. The summed E-state index contributed by atoms with van der Waals surface area (Å²) in [5.41, 5.74) is 0. The number of ether oxygens (including phenoxy) is 1. The number of hydrogen-bond donors (Lipinski definition) is 0. The second-order valence-electron chi connectivity index (χ2n) is 7.64. The topological polar surface area (TPSA) is 26.3 Å². The van der Waals surface area contributed by atoms with Crippen molar-refractivity contribution in [2.24, 2.45) is 17.8 Å². The van der Waals surface area contributed by atoms with E-state index in [9.17, 15) is 9.18 Å². The lowest BCUT2D eigenvalue weighted by Crippen LogP contribution is -2.22. The van der Waals surface area contributed by atoms with Crippen LogP contribution in [0.2, 0.25) is 0 Å². The zero-order valence-electron chi connectivity index (χ0n) is 16.1. The van der Waals surface area contributed by atoms with Gasteiger partial charge in [-0.2, -0.15) is 0 Å². The van der Waals surface area contributed by atoms with Crippen molar-refractivity contribution in [2.45, 2.75) is 71.1 Å². The van der Waals surface area contributed by atoms with E-state index in [4.69, 9.17) is 4.74 Å². The molecule has 0 heterocycles. The molecule has 1 aliphatic rings. The zero-order valence-corrected chi connectivity index (χ0v) is 16.1. The molecule has 26 heavy (non-hydrogen) atoms. The monoisotopic (exact) mass is 360 g/mol. The van der Waals surface area contributed by atoms with Gasteiger partial charge in [0.25, 0.3) is 0 Å². The lowest BCUT2D eigenvalue weighted by Gasteiger charge is -2.33. The Balaban J connectivity index is 1.67. The molecule has 1 aromatic carbocycles. The van der Waals surface area contributed by atoms with E-state index in [1.165, 1.54) is 62.8 Å². The van der Waals surface area contributed by atoms with Gasteiger partial charge in [-0.25, -0.2) is 4.39 Å². The summed E-state index contributed by atoms with van der Waals surface area (Å²) in [4.78, 5) is 12.0. The molecule has 0 saturated heterocycles. The first-order valence-electron chi connectivity index (χ1n) is 10.2. The van der Waals surface area contributed by atoms with Crippen LogP contribution in [0.15, 0.2) is 36.9 Å². The van der Waals surface area contributed by atoms with E-state index in [-0.39, 0.29) is 11.8 Å². The van der Waals surface area contributed by atoms with E-state index in [0.717, 1.165) is 31.1 Å². The summed E-state index contributed by atoms with van der Waals surface area (Å²) < 4.78 is 18.1. The Kier molecular flexibility index (Phi) is 8.87. The summed E-state index contributed by atoms with van der Waals surface area (Å²) in [6, 6.07) is 5.60. The first-order chi connectivity index (χ1) is 12.6. The van der Waals surface area contributed by atoms with Crippen LogP contribution in [0.25, 0.3) is 0 Å². The summed E-state index contributed by atoms with van der Waals surface area (Å²) in [6.07, 6.45) is 13.4. The number of halogens is 1. The summed E-state index contributed by atoms with van der Waals surface area (Å²) >= 11 is 0. The van der Waals surface area contributed by atoms with Crippen molar-refractivity contribution in [3.05, 3.63) is 42.7 Å². The van der Waals surface area contributed by atoms with E-state index < -0.39 is 0 Å². The predicted molar refractivity (Wildman–Crippen MR) is 105 cm³/mol. The van der Waals surface area contributed by atoms with E-state index in [2.05, 4.69) is 13.5 Å². The Labute approximate surface area is 157 Å². The lowest BCUT2D eigenvalue weighted by atomic mass is 9.72. The van der Waals surface area contributed by atoms with Gasteiger partial charge in [0.05, 0.1) is 0 Å². The lowest BCUT2D eigenvalue weighted by molar-refractivity contribution is -0.134. The summed E-state index contributed by atoms with van der Waals surface area (Å²) in [5.74, 6) is 2.28. The first kappa shape index (κ1) is 20.7. The van der Waals surface area contributed by atoms with Gasteiger partial charge in [0, 0.05) is 6.42 Å². The average molecular weight is 361 g/mol. The van der Waals surface area contributed by atoms with Gasteiger partial charge in [-0.15, -0.1) is 6.58 Å². The number of hydrogen-bond acceptors (Lipinski definition) is 2. The van der Waals surface area contributed by atoms with Crippen LogP contribution in [0, 0.1) is 23.6 Å². The molecule has 2 nitrogen and oxygen atoms in total. The van der Waals surface area contributed by atoms with Crippen molar-refractivity contribution in [2.75, 3.05) is 0 Å². The number of esters is 1. The van der Waals surface area contributed by atoms with Crippen molar-refractivity contribution in [3.8, 4) is 5.75 Å². The Bertz CT molecular complexity index is 544. The molecule has 2 rings (SSSR count). The molecule has 0 aliphatic heterocycles. The van der Waals surface area contributed by atoms with Crippen LogP contribution < -0.4 is 4.74 Å². The van der Waals surface area contributed by atoms with Crippen LogP contribution in [0.4, 0.5) is 4.39 Å². The molecule has 1 aliphatic carbocycles. The fourth-order valence-electron chi connectivity index (χ4n) is 4.27. The third-order valence-corrected chi connectivity index (χ3v) is 5.86. The highest BCUT2D eigenvalue weighted by Gasteiger charge is 2.26. The Morgan fingerprint density at radius 2 is 1.96 bits per heavy atom. The molecule has 1 aromatic rings. The van der Waals surface area contributed by atoms with Gasteiger partial charge in [0.2, 0.25) is 0 Å². The molecular weight excluding hydrogens is 327 g/mol. The second-order valence-corrected chi connectivity index (χ2v) is 7.64. The van der Waals surface area contributed by atoms with Crippen molar-refractivity contribution in [3.63, 3.8) is 0 Å². The molecule has 1 unspecified atom stereocenters. The molecule has 0 bridgehead atoms. The highest BCUT2D eigenvalue weighted by atomic mass is 19.1. The Hall–Kier alpha value is -1.64. The standard InChI is InChI=1S/C23H33FO2/c1-3-5-7-18-10-12-20(13-11-18)19(4-2)8-6-9-23(25)26-22-16-14-21(24)15-17-22/h3,14-20H,1,4-13H2,2H3. The maximum Gasteiger partial charge on any atom is 0.311 e. The molecular formula is C23H33FO2. The minimum absolute atomic E-state index is 0.223. The molecule has 144 valence electrons. The normalized spacial score (nSPS) is 21.2. The minimum Gasteiger partial charge on any atom is -0.427 e. The Morgan fingerprint density at radius 1 is 1.27 bits per heavy atom. The first-order valence-corrected chi connectivity index (χ1v) is 10.2. The second kappa shape index (κ2) is 11.2. The van der Waals surface area contributed by atoms with Crippen molar-refractivity contribution in [1.29, 1.82) is 0 Å². The van der Waals surface area contributed by atoms with Gasteiger partial charge in [-0.1, -0.05) is 32.3 Å². The number of allylic oxidation sites excluding steroid dienone is 1. The van der Waals surface area contributed by atoms with Gasteiger partial charge in [0.15, 0.2) is 0 Å². The van der Waals surface area contributed by atoms with Crippen LogP contribution in [-0.2, 0) is 4.79 Å². The van der Waals surface area contributed by atoms with Gasteiger partial charge >= 0.3 is 5.97 Å². The Morgan fingerprint density at radius 3 is 2.58 bits per heavy atom. The van der Waals surface area contributed by atoms with Crippen LogP contribution in [0.3, 0.4) is 0 Å². The average Bonchev–Trinajstić information content (AvgIpc) is 2.66. The number of carbonyl (C=O) groups is 1. The van der Waals surface area contributed by atoms with E-state index in [0.29, 0.717) is 18.1 Å². The van der Waals surface area contributed by atoms with Crippen LogP contribution in [0.1, 0.15) is 71.1 Å². The van der Waals surface area contributed by atoms with Crippen molar-refractivity contribution >= 4 is 5.97 Å². The molecule has 1 fully saturated rings. The van der Waals surface area contributed by atoms with Crippen LogP contribution >= 0.6 is 0 Å². The van der Waals surface area contributed by atoms with Crippen molar-refractivity contribution < 1.29 is 13.9 Å². The molecule has 3 heteroatoms. The number of rotatable bonds is 10. The highest BCUT2D eigenvalue weighted by Crippen LogP contribution is 2.38. The molecule has 0 N–H and O–H groups in total. The molecule has 0 aromatic heterocycles.